The van der Waals surface area contributed by atoms with E-state index in [1.807, 2.05) is 13.0 Å². The number of ketones is 1. The summed E-state index contributed by atoms with van der Waals surface area (Å²) < 4.78 is 68.3. The smallest absolute Gasteiger partial charge is 0.496 e. The lowest BCUT2D eigenvalue weighted by atomic mass is 9.76. The quantitative estimate of drug-likeness (QED) is 0.0713. The molecular weight excluding hydrogens is 826 g/mol. The van der Waals surface area contributed by atoms with Crippen molar-refractivity contribution in [1.82, 2.24) is 4.90 Å². The Bertz CT molecular complexity index is 1990. The highest BCUT2D eigenvalue weighted by atomic mass is 79.9. The van der Waals surface area contributed by atoms with Crippen LogP contribution in [0, 0.1) is 6.92 Å². The predicted octanol–water partition coefficient (Wildman–Crippen LogP) is 6.83. The number of esters is 1. The largest absolute Gasteiger partial charge is 0.514 e. The third-order valence-electron chi connectivity index (χ3n) is 10.7. The Morgan fingerprint density at radius 3 is 2.24 bits per heavy atom. The summed E-state index contributed by atoms with van der Waals surface area (Å²) in [6.07, 6.45) is -3.57. The number of carbonyl (C=O) groups is 4. The summed E-state index contributed by atoms with van der Waals surface area (Å²) in [5.74, 6) is -4.45. The van der Waals surface area contributed by atoms with Crippen LogP contribution in [0.5, 0.6) is 17.2 Å². The van der Waals surface area contributed by atoms with Gasteiger partial charge >= 0.3 is 18.2 Å². The molecule has 1 aliphatic carbocycles. The zero-order chi connectivity index (χ0) is 42.7. The molecule has 0 radical (unpaired) electrons. The van der Waals surface area contributed by atoms with Crippen molar-refractivity contribution in [2.75, 3.05) is 47.4 Å². The molecule has 0 spiro atoms. The first-order chi connectivity index (χ1) is 27.2. The number of nitrogens with zero attached hydrogens (tertiary/aromatic N) is 1. The number of hydrogen-bond acceptors (Lipinski definition) is 15. The summed E-state index contributed by atoms with van der Waals surface area (Å²) in [6, 6.07) is 1.86. The third-order valence-corrected chi connectivity index (χ3v) is 11.5. The summed E-state index contributed by atoms with van der Waals surface area (Å²) in [6.45, 7) is 12.4. The summed E-state index contributed by atoms with van der Waals surface area (Å²) >= 11 is 3.60. The highest BCUT2D eigenvalue weighted by Gasteiger charge is 2.89. The molecule has 3 heterocycles. The highest BCUT2D eigenvalue weighted by Crippen LogP contribution is 2.69. The molecule has 0 N–H and O–H groups in total. The van der Waals surface area contributed by atoms with Gasteiger partial charge in [-0.2, -0.15) is 0 Å². The van der Waals surface area contributed by atoms with E-state index in [1.54, 1.807) is 48.6 Å². The van der Waals surface area contributed by atoms with Crippen LogP contribution in [0.4, 0.5) is 9.59 Å². The minimum atomic E-state index is -1.99. The van der Waals surface area contributed by atoms with Gasteiger partial charge in [-0.15, -0.1) is 0 Å². The van der Waals surface area contributed by atoms with Crippen molar-refractivity contribution in [3.05, 3.63) is 28.3 Å². The van der Waals surface area contributed by atoms with E-state index in [1.165, 1.54) is 33.3 Å². The summed E-state index contributed by atoms with van der Waals surface area (Å²) in [4.78, 5) is 55.4. The second-order valence-corrected chi connectivity index (χ2v) is 17.4. The maximum absolute atomic E-state index is 14.1. The molecule has 17 heteroatoms. The third kappa shape index (κ3) is 6.98. The SMILES string of the molecule is COc1c2c(c(OC(=O)OC(C)(C)C)c3c4c(c(C)cc13)C1OC3(C(OC)OC)OC1[C@@](OC)(O4)[C@]3(CBr)OC(=O)CCCN(C)C(=O)OC(C)(C)C)C(=O)CCC2. The lowest BCUT2D eigenvalue weighted by Gasteiger charge is -2.55. The molecule has 2 fully saturated rings. The summed E-state index contributed by atoms with van der Waals surface area (Å²) in [5, 5.41) is 0.527. The molecule has 2 saturated heterocycles. The standard InChI is InChI=1S/C41H54BrNO15/c1-21-19-23-28(30(52-36(47)58-38(5,6)7)27-22(29(23)48-9)15-13-16-24(27)44)31-26(21)32-33-40(51-12,54-31)39(20-42,41(55-32,56-33)34(49-10)50-11)53-25(45)17-14-18-43(8)35(46)57-37(2,3)4/h19,32-34H,13-18,20H2,1-12H3/t32?,33?,39-,40+,41?/m0/s1. The molecule has 6 rings (SSSR count). The molecule has 4 aliphatic rings. The number of amides is 1. The molecule has 0 aromatic heterocycles. The van der Waals surface area contributed by atoms with Gasteiger partial charge in [0.1, 0.15) is 28.8 Å². The first-order valence-electron chi connectivity index (χ1n) is 19.2. The Morgan fingerprint density at radius 1 is 0.983 bits per heavy atom. The molecule has 2 bridgehead atoms. The molecule has 0 saturated carbocycles. The van der Waals surface area contributed by atoms with Crippen molar-refractivity contribution < 1.29 is 71.3 Å². The van der Waals surface area contributed by atoms with Crippen LogP contribution in [-0.4, -0.2) is 117 Å². The molecule has 16 nitrogen and oxygen atoms in total. The van der Waals surface area contributed by atoms with Gasteiger partial charge < -0.3 is 57.0 Å². The van der Waals surface area contributed by atoms with Crippen molar-refractivity contribution in [3.8, 4) is 17.2 Å². The molecule has 1 amide bonds. The molecule has 5 atom stereocenters. The molecule has 3 aliphatic heterocycles. The number of Topliss-reactive ketones (excluding diaryl/α,β-unsaturated/α-hetero) is 1. The van der Waals surface area contributed by atoms with Crippen LogP contribution in [0.1, 0.15) is 100 Å². The van der Waals surface area contributed by atoms with E-state index in [0.717, 1.165) is 0 Å². The first kappa shape index (κ1) is 43.8. The Hall–Kier alpha value is -3.74. The van der Waals surface area contributed by atoms with Gasteiger partial charge in [0.05, 0.1) is 23.4 Å². The number of fused-ring (bicyclic) bond motifs is 6. The lowest BCUT2D eigenvalue weighted by Crippen LogP contribution is -2.77. The zero-order valence-electron chi connectivity index (χ0n) is 35.2. The van der Waals surface area contributed by atoms with Crippen LogP contribution >= 0.6 is 15.9 Å². The van der Waals surface area contributed by atoms with Gasteiger partial charge in [-0.3, -0.25) is 9.59 Å². The Kier molecular flexibility index (Phi) is 11.9. The van der Waals surface area contributed by atoms with Gasteiger partial charge in [0, 0.05) is 64.3 Å². The van der Waals surface area contributed by atoms with E-state index in [2.05, 4.69) is 15.9 Å². The molecule has 3 unspecified atom stereocenters. The van der Waals surface area contributed by atoms with Crippen LogP contribution in [0.3, 0.4) is 0 Å². The fourth-order valence-electron chi connectivity index (χ4n) is 8.47. The van der Waals surface area contributed by atoms with Gasteiger partial charge in [0.25, 0.3) is 11.6 Å². The van der Waals surface area contributed by atoms with Crippen molar-refractivity contribution in [1.29, 1.82) is 0 Å². The highest BCUT2D eigenvalue weighted by molar-refractivity contribution is 9.09. The van der Waals surface area contributed by atoms with Gasteiger partial charge in [0.2, 0.25) is 11.9 Å². The van der Waals surface area contributed by atoms with E-state index in [0.29, 0.717) is 40.7 Å². The summed E-state index contributed by atoms with van der Waals surface area (Å²) in [7, 11) is 7.26. The van der Waals surface area contributed by atoms with Crippen molar-refractivity contribution >= 4 is 50.7 Å². The zero-order valence-corrected chi connectivity index (χ0v) is 36.8. The second kappa shape index (κ2) is 15.7. The Balaban J connectivity index is 1.52. The minimum absolute atomic E-state index is 0.0718. The predicted molar refractivity (Wildman–Crippen MR) is 210 cm³/mol. The molecular formula is C41H54BrNO15. The Labute approximate surface area is 346 Å². The van der Waals surface area contributed by atoms with E-state index >= 15 is 0 Å². The van der Waals surface area contributed by atoms with Crippen LogP contribution < -0.4 is 14.2 Å². The average molecular weight is 881 g/mol. The number of methoxy groups -OCH3 is 4. The lowest BCUT2D eigenvalue weighted by molar-refractivity contribution is -0.391. The van der Waals surface area contributed by atoms with Gasteiger partial charge in [-0.25, -0.2) is 9.59 Å². The maximum atomic E-state index is 14.1. The number of aryl methyl sites for hydroxylation is 1. The number of carbonyl (C=O) groups excluding carboxylic acids is 4. The van der Waals surface area contributed by atoms with Gasteiger partial charge in [-0.1, -0.05) is 15.9 Å². The fraction of sp³-hybridized carbons (Fsp3) is 0.659. The Morgan fingerprint density at radius 2 is 1.66 bits per heavy atom. The average Bonchev–Trinajstić information content (AvgIpc) is 3.64. The van der Waals surface area contributed by atoms with Gasteiger partial charge in [-0.05, 0) is 79.4 Å². The number of benzene rings is 2. The van der Waals surface area contributed by atoms with Crippen LogP contribution in [0.15, 0.2) is 6.07 Å². The van der Waals surface area contributed by atoms with Crippen molar-refractivity contribution in [2.24, 2.45) is 0 Å². The van der Waals surface area contributed by atoms with E-state index in [9.17, 15) is 19.2 Å². The second-order valence-electron chi connectivity index (χ2n) is 16.9. The number of ether oxygens (including phenoxy) is 11. The number of alkyl halides is 1. The number of halogens is 1. The van der Waals surface area contributed by atoms with Crippen LogP contribution in [0.25, 0.3) is 10.8 Å². The first-order valence-corrected chi connectivity index (χ1v) is 20.3. The van der Waals surface area contributed by atoms with Crippen LogP contribution in [0.2, 0.25) is 0 Å². The molecule has 2 aromatic carbocycles. The normalized spacial score (nSPS) is 25.9. The minimum Gasteiger partial charge on any atom is -0.496 e. The van der Waals surface area contributed by atoms with E-state index in [4.69, 9.17) is 52.1 Å². The maximum Gasteiger partial charge on any atom is 0.514 e. The van der Waals surface area contributed by atoms with Crippen molar-refractivity contribution in [2.45, 2.75) is 127 Å². The van der Waals surface area contributed by atoms with Crippen molar-refractivity contribution in [3.63, 3.8) is 0 Å². The van der Waals surface area contributed by atoms with E-state index < -0.39 is 65.1 Å². The summed E-state index contributed by atoms with van der Waals surface area (Å²) in [5.41, 5.74) is -1.66. The molecule has 2 aromatic rings. The number of rotatable bonds is 12. The molecule has 320 valence electrons. The molecule has 58 heavy (non-hydrogen) atoms. The van der Waals surface area contributed by atoms with Crippen LogP contribution in [-0.2, 0) is 49.1 Å². The van der Waals surface area contributed by atoms with E-state index in [-0.39, 0.29) is 59.4 Å². The monoisotopic (exact) mass is 879 g/mol. The topological polar surface area (TPSA) is 173 Å². The number of hydrogen-bond donors (Lipinski definition) is 0. The van der Waals surface area contributed by atoms with Gasteiger partial charge in [0.15, 0.2) is 17.6 Å². The fourth-order valence-corrected chi connectivity index (χ4v) is 9.37.